The molecule has 0 N–H and O–H groups in total. The van der Waals surface area contributed by atoms with Crippen LogP contribution in [0.1, 0.15) is 0 Å². The fourth-order valence-corrected chi connectivity index (χ4v) is 3.14. The molecule has 0 bridgehead atoms. The van der Waals surface area contributed by atoms with Crippen molar-refractivity contribution in [2.24, 2.45) is 0 Å². The molecule has 0 heterocycles. The molecule has 0 aliphatic heterocycles. The molecule has 0 spiro atoms. The Balaban J connectivity index is 2.05. The highest BCUT2D eigenvalue weighted by atomic mass is 35.5. The van der Waals surface area contributed by atoms with E-state index in [1.165, 1.54) is 21.5 Å². The summed E-state index contributed by atoms with van der Waals surface area (Å²) in [7, 11) is 0. The zero-order chi connectivity index (χ0) is 14.2. The Labute approximate surface area is 128 Å². The van der Waals surface area contributed by atoms with E-state index in [4.69, 9.17) is 11.6 Å². The van der Waals surface area contributed by atoms with Gasteiger partial charge in [-0.1, -0.05) is 78.3 Å². The van der Waals surface area contributed by atoms with E-state index < -0.39 is 0 Å². The Hall–Kier alpha value is -2.31. The van der Waals surface area contributed by atoms with Gasteiger partial charge in [0.2, 0.25) is 0 Å². The Morgan fingerprint density at radius 1 is 0.571 bits per heavy atom. The average molecular weight is 289 g/mol. The predicted molar refractivity (Wildman–Crippen MR) is 91.9 cm³/mol. The Morgan fingerprint density at radius 2 is 1.29 bits per heavy atom. The number of rotatable bonds is 1. The van der Waals surface area contributed by atoms with Crippen LogP contribution in [0.2, 0.25) is 5.02 Å². The lowest BCUT2D eigenvalue weighted by Crippen LogP contribution is -1.83. The second-order valence-electron chi connectivity index (χ2n) is 5.21. The van der Waals surface area contributed by atoms with Crippen LogP contribution in [0, 0.1) is 0 Å². The predicted octanol–water partition coefficient (Wildman–Crippen LogP) is 6.31. The minimum atomic E-state index is 0.796. The van der Waals surface area contributed by atoms with Crippen molar-refractivity contribution in [3.05, 3.63) is 83.9 Å². The van der Waals surface area contributed by atoms with Crippen LogP contribution >= 0.6 is 11.6 Å². The van der Waals surface area contributed by atoms with E-state index in [1.807, 2.05) is 18.2 Å². The van der Waals surface area contributed by atoms with Crippen molar-refractivity contribution in [3.63, 3.8) is 0 Å². The molecule has 0 saturated heterocycles. The molecule has 0 aliphatic rings. The van der Waals surface area contributed by atoms with E-state index in [0.29, 0.717) is 0 Å². The zero-order valence-electron chi connectivity index (χ0n) is 11.4. The smallest absolute Gasteiger partial charge is 0.0491 e. The Kier molecular flexibility index (Phi) is 2.90. The van der Waals surface area contributed by atoms with Crippen LogP contribution in [-0.4, -0.2) is 0 Å². The lowest BCUT2D eigenvalue weighted by Gasteiger charge is -2.09. The molecular formula is C20H13Cl. The summed E-state index contributed by atoms with van der Waals surface area (Å²) in [6.45, 7) is 0. The molecule has 21 heavy (non-hydrogen) atoms. The SMILES string of the molecule is Clc1cc2c(ccc3ccccc32)cc1-c1ccccc1. The summed E-state index contributed by atoms with van der Waals surface area (Å²) < 4.78 is 0. The second kappa shape index (κ2) is 4.91. The number of hydrogen-bond acceptors (Lipinski definition) is 0. The van der Waals surface area contributed by atoms with Gasteiger partial charge in [-0.15, -0.1) is 0 Å². The summed E-state index contributed by atoms with van der Waals surface area (Å²) in [5.41, 5.74) is 2.23. The fraction of sp³-hybridized carbons (Fsp3) is 0. The van der Waals surface area contributed by atoms with Crippen molar-refractivity contribution >= 4 is 33.1 Å². The van der Waals surface area contributed by atoms with Gasteiger partial charge in [0, 0.05) is 10.6 Å². The lowest BCUT2D eigenvalue weighted by molar-refractivity contribution is 1.65. The van der Waals surface area contributed by atoms with Crippen LogP contribution in [0.5, 0.6) is 0 Å². The molecule has 0 nitrogen and oxygen atoms in total. The van der Waals surface area contributed by atoms with Crippen molar-refractivity contribution in [3.8, 4) is 11.1 Å². The van der Waals surface area contributed by atoms with Gasteiger partial charge in [-0.05, 0) is 39.2 Å². The van der Waals surface area contributed by atoms with Crippen molar-refractivity contribution in [1.29, 1.82) is 0 Å². The van der Waals surface area contributed by atoms with Crippen LogP contribution < -0.4 is 0 Å². The minimum absolute atomic E-state index is 0.796. The molecule has 4 aromatic carbocycles. The third-order valence-corrected chi connectivity index (χ3v) is 4.23. The maximum Gasteiger partial charge on any atom is 0.0491 e. The van der Waals surface area contributed by atoms with Crippen LogP contribution in [0.25, 0.3) is 32.7 Å². The van der Waals surface area contributed by atoms with E-state index >= 15 is 0 Å². The third kappa shape index (κ3) is 2.09. The molecule has 1 heteroatoms. The molecule has 4 aromatic rings. The highest BCUT2D eigenvalue weighted by Gasteiger charge is 2.07. The van der Waals surface area contributed by atoms with Gasteiger partial charge < -0.3 is 0 Å². The van der Waals surface area contributed by atoms with Gasteiger partial charge in [0.1, 0.15) is 0 Å². The number of halogens is 1. The maximum atomic E-state index is 6.54. The van der Waals surface area contributed by atoms with Gasteiger partial charge in [0.05, 0.1) is 0 Å². The second-order valence-corrected chi connectivity index (χ2v) is 5.61. The standard InChI is InChI=1S/C20H13Cl/c21-20-13-18-16(11-10-15-8-4-5-9-17(15)18)12-19(20)14-6-2-1-3-7-14/h1-13H. The number of benzene rings is 4. The summed E-state index contributed by atoms with van der Waals surface area (Å²) in [6.07, 6.45) is 0. The highest BCUT2D eigenvalue weighted by Crippen LogP contribution is 2.35. The molecule has 0 amide bonds. The first-order chi connectivity index (χ1) is 10.3. The molecule has 4 rings (SSSR count). The van der Waals surface area contributed by atoms with Gasteiger partial charge in [0.25, 0.3) is 0 Å². The van der Waals surface area contributed by atoms with E-state index in [1.54, 1.807) is 0 Å². The summed E-state index contributed by atoms with van der Waals surface area (Å²) in [5.74, 6) is 0. The summed E-state index contributed by atoms with van der Waals surface area (Å²) in [6, 6.07) is 27.3. The summed E-state index contributed by atoms with van der Waals surface area (Å²) in [4.78, 5) is 0. The monoisotopic (exact) mass is 288 g/mol. The van der Waals surface area contributed by atoms with Crippen molar-refractivity contribution < 1.29 is 0 Å². The van der Waals surface area contributed by atoms with Gasteiger partial charge in [-0.3, -0.25) is 0 Å². The molecule has 0 aromatic heterocycles. The first-order valence-corrected chi connectivity index (χ1v) is 7.37. The average Bonchev–Trinajstić information content (AvgIpc) is 2.55. The molecule has 0 saturated carbocycles. The molecule has 0 fully saturated rings. The van der Waals surface area contributed by atoms with E-state index in [2.05, 4.69) is 60.7 Å². The summed E-state index contributed by atoms with van der Waals surface area (Å²) in [5, 5.41) is 5.71. The molecule has 100 valence electrons. The van der Waals surface area contributed by atoms with Gasteiger partial charge >= 0.3 is 0 Å². The minimum Gasteiger partial charge on any atom is -0.0836 e. The third-order valence-electron chi connectivity index (χ3n) is 3.92. The van der Waals surface area contributed by atoms with Gasteiger partial charge in [0.15, 0.2) is 0 Å². The van der Waals surface area contributed by atoms with Crippen molar-refractivity contribution in [2.45, 2.75) is 0 Å². The van der Waals surface area contributed by atoms with Crippen LogP contribution in [0.3, 0.4) is 0 Å². The number of hydrogen-bond donors (Lipinski definition) is 0. The highest BCUT2D eigenvalue weighted by molar-refractivity contribution is 6.34. The van der Waals surface area contributed by atoms with E-state index in [-0.39, 0.29) is 0 Å². The first-order valence-electron chi connectivity index (χ1n) is 6.99. The maximum absolute atomic E-state index is 6.54. The summed E-state index contributed by atoms with van der Waals surface area (Å²) >= 11 is 6.54. The Morgan fingerprint density at radius 3 is 2.14 bits per heavy atom. The zero-order valence-corrected chi connectivity index (χ0v) is 12.1. The lowest BCUT2D eigenvalue weighted by atomic mass is 9.97. The normalized spacial score (nSPS) is 11.1. The fourth-order valence-electron chi connectivity index (χ4n) is 2.87. The molecular weight excluding hydrogens is 276 g/mol. The van der Waals surface area contributed by atoms with Gasteiger partial charge in [-0.2, -0.15) is 0 Å². The van der Waals surface area contributed by atoms with E-state index in [0.717, 1.165) is 16.1 Å². The topological polar surface area (TPSA) is 0 Å². The van der Waals surface area contributed by atoms with Crippen LogP contribution in [0.15, 0.2) is 78.9 Å². The molecule has 0 radical (unpaired) electrons. The largest absolute Gasteiger partial charge is 0.0836 e. The Bertz CT molecular complexity index is 940. The quantitative estimate of drug-likeness (QED) is 0.360. The first kappa shape index (κ1) is 12.4. The molecule has 0 aliphatic carbocycles. The van der Waals surface area contributed by atoms with Crippen LogP contribution in [-0.2, 0) is 0 Å². The van der Waals surface area contributed by atoms with Gasteiger partial charge in [-0.25, -0.2) is 0 Å². The van der Waals surface area contributed by atoms with Crippen molar-refractivity contribution in [2.75, 3.05) is 0 Å². The number of fused-ring (bicyclic) bond motifs is 3. The molecule has 0 atom stereocenters. The van der Waals surface area contributed by atoms with E-state index in [9.17, 15) is 0 Å². The molecule has 0 unspecified atom stereocenters. The van der Waals surface area contributed by atoms with Crippen LogP contribution in [0.4, 0.5) is 0 Å². The van der Waals surface area contributed by atoms with Crippen molar-refractivity contribution in [1.82, 2.24) is 0 Å².